The van der Waals surface area contributed by atoms with Gasteiger partial charge in [0.1, 0.15) is 0 Å². The van der Waals surface area contributed by atoms with Crippen LogP contribution in [0.25, 0.3) is 0 Å². The van der Waals surface area contributed by atoms with Crippen LogP contribution in [0.2, 0.25) is 0 Å². The van der Waals surface area contributed by atoms with Gasteiger partial charge in [0.2, 0.25) is 0 Å². The lowest BCUT2D eigenvalue weighted by molar-refractivity contribution is 0.204. The maximum absolute atomic E-state index is 2.41. The van der Waals surface area contributed by atoms with Crippen molar-refractivity contribution in [1.29, 1.82) is 0 Å². The van der Waals surface area contributed by atoms with Crippen molar-refractivity contribution in [3.05, 3.63) is 0 Å². The van der Waals surface area contributed by atoms with E-state index in [2.05, 4.69) is 20.8 Å². The molecule has 60 valence electrons. The van der Waals surface area contributed by atoms with Crippen LogP contribution in [0.1, 0.15) is 46.5 Å². The molecule has 0 aromatic heterocycles. The zero-order valence-corrected chi connectivity index (χ0v) is 7.56. The average molecular weight is 140 g/mol. The fourth-order valence-electron chi connectivity index (χ4n) is 2.03. The van der Waals surface area contributed by atoms with Crippen molar-refractivity contribution in [3.8, 4) is 0 Å². The molecule has 1 aliphatic rings. The smallest absolute Gasteiger partial charge is 0.0414 e. The van der Waals surface area contributed by atoms with Crippen molar-refractivity contribution >= 4 is 0 Å². The molecular weight excluding hydrogens is 120 g/mol. The summed E-state index contributed by atoms with van der Waals surface area (Å²) >= 11 is 0. The van der Waals surface area contributed by atoms with Crippen LogP contribution in [0.15, 0.2) is 0 Å². The molecule has 10 heavy (non-hydrogen) atoms. The normalized spacial score (nSPS) is 41.7. The van der Waals surface area contributed by atoms with E-state index in [1.54, 1.807) is 0 Å². The molecule has 0 saturated heterocycles. The maximum atomic E-state index is 2.41. The highest BCUT2D eigenvalue weighted by Gasteiger charge is 2.22. The third kappa shape index (κ3) is 1.74. The van der Waals surface area contributed by atoms with Gasteiger partial charge in [-0.1, -0.05) is 40.0 Å². The molecular formula is C10H20. The Morgan fingerprint density at radius 3 is 2.30 bits per heavy atom. The lowest BCUT2D eigenvalue weighted by Gasteiger charge is -2.31. The summed E-state index contributed by atoms with van der Waals surface area (Å²) in [6, 6.07) is 0. The highest BCUT2D eigenvalue weighted by atomic mass is 14.3. The van der Waals surface area contributed by atoms with Crippen LogP contribution in [-0.4, -0.2) is 0 Å². The van der Waals surface area contributed by atoms with Gasteiger partial charge >= 0.3 is 0 Å². The predicted molar refractivity (Wildman–Crippen MR) is 46.0 cm³/mol. The SMILES string of the molecule is CC[C@H]1CC[C@@H](C)[C@@H](C)C1. The highest BCUT2D eigenvalue weighted by Crippen LogP contribution is 2.34. The standard InChI is InChI=1S/C10H20/c1-4-10-6-5-8(2)9(3)7-10/h8-10H,4-7H2,1-3H3/t8-,9+,10+/m1/s1. The van der Waals surface area contributed by atoms with Crippen molar-refractivity contribution in [2.24, 2.45) is 17.8 Å². The van der Waals surface area contributed by atoms with E-state index >= 15 is 0 Å². The lowest BCUT2D eigenvalue weighted by atomic mass is 9.75. The molecule has 0 heteroatoms. The van der Waals surface area contributed by atoms with Gasteiger partial charge in [-0.25, -0.2) is 0 Å². The van der Waals surface area contributed by atoms with Gasteiger partial charge in [-0.2, -0.15) is 0 Å². The average Bonchev–Trinajstić information content (AvgIpc) is 1.95. The third-order valence-electron chi connectivity index (χ3n) is 3.28. The Morgan fingerprint density at radius 1 is 1.10 bits per heavy atom. The van der Waals surface area contributed by atoms with E-state index in [0.29, 0.717) is 0 Å². The molecule has 0 aromatic carbocycles. The largest absolute Gasteiger partial charge is 0.0651 e. The van der Waals surface area contributed by atoms with Crippen LogP contribution in [0.4, 0.5) is 0 Å². The Balaban J connectivity index is 2.33. The van der Waals surface area contributed by atoms with Gasteiger partial charge in [-0.05, 0) is 24.2 Å². The maximum Gasteiger partial charge on any atom is -0.0414 e. The van der Waals surface area contributed by atoms with Crippen molar-refractivity contribution in [2.45, 2.75) is 46.5 Å². The molecule has 0 nitrogen and oxygen atoms in total. The zero-order chi connectivity index (χ0) is 7.56. The van der Waals surface area contributed by atoms with Crippen molar-refractivity contribution in [1.82, 2.24) is 0 Å². The van der Waals surface area contributed by atoms with Gasteiger partial charge in [0.25, 0.3) is 0 Å². The van der Waals surface area contributed by atoms with E-state index in [0.717, 1.165) is 17.8 Å². The fraction of sp³-hybridized carbons (Fsp3) is 1.00. The van der Waals surface area contributed by atoms with E-state index in [9.17, 15) is 0 Å². The molecule has 1 rings (SSSR count). The van der Waals surface area contributed by atoms with E-state index in [4.69, 9.17) is 0 Å². The highest BCUT2D eigenvalue weighted by molar-refractivity contribution is 4.74. The van der Waals surface area contributed by atoms with E-state index in [1.165, 1.54) is 25.7 Å². The molecule has 0 aromatic rings. The minimum absolute atomic E-state index is 0.985. The molecule has 0 N–H and O–H groups in total. The van der Waals surface area contributed by atoms with Crippen molar-refractivity contribution < 1.29 is 0 Å². The third-order valence-corrected chi connectivity index (χ3v) is 3.28. The van der Waals surface area contributed by atoms with Crippen molar-refractivity contribution in [3.63, 3.8) is 0 Å². The molecule has 1 fully saturated rings. The van der Waals surface area contributed by atoms with Crippen molar-refractivity contribution in [2.75, 3.05) is 0 Å². The van der Waals surface area contributed by atoms with E-state index in [-0.39, 0.29) is 0 Å². The second-order valence-corrected chi connectivity index (χ2v) is 4.04. The van der Waals surface area contributed by atoms with E-state index < -0.39 is 0 Å². The number of hydrogen-bond acceptors (Lipinski definition) is 0. The summed E-state index contributed by atoms with van der Waals surface area (Å²) in [6.07, 6.45) is 5.84. The fourth-order valence-corrected chi connectivity index (χ4v) is 2.03. The van der Waals surface area contributed by atoms with Gasteiger partial charge in [-0.15, -0.1) is 0 Å². The second kappa shape index (κ2) is 3.41. The van der Waals surface area contributed by atoms with Crippen LogP contribution in [0.3, 0.4) is 0 Å². The van der Waals surface area contributed by atoms with Crippen LogP contribution in [0, 0.1) is 17.8 Å². The summed E-state index contributed by atoms with van der Waals surface area (Å²) < 4.78 is 0. The molecule has 0 amide bonds. The molecule has 0 bridgehead atoms. The lowest BCUT2D eigenvalue weighted by Crippen LogP contribution is -2.19. The van der Waals surface area contributed by atoms with Crippen LogP contribution in [0.5, 0.6) is 0 Å². The first-order chi connectivity index (χ1) is 4.74. The minimum atomic E-state index is 0.985. The topological polar surface area (TPSA) is 0 Å². The summed E-state index contributed by atoms with van der Waals surface area (Å²) in [6.45, 7) is 7.14. The molecule has 0 unspecified atom stereocenters. The molecule has 3 atom stereocenters. The Kier molecular flexibility index (Phi) is 2.76. The minimum Gasteiger partial charge on any atom is -0.0651 e. The summed E-state index contributed by atoms with van der Waals surface area (Å²) in [4.78, 5) is 0. The van der Waals surface area contributed by atoms with Crippen LogP contribution < -0.4 is 0 Å². The molecule has 1 aliphatic carbocycles. The Bertz CT molecular complexity index is 96.2. The molecule has 1 saturated carbocycles. The summed E-state index contributed by atoms with van der Waals surface area (Å²) in [5, 5.41) is 0. The molecule has 0 spiro atoms. The molecule has 0 radical (unpaired) electrons. The number of rotatable bonds is 1. The molecule has 0 aliphatic heterocycles. The summed E-state index contributed by atoms with van der Waals surface area (Å²) in [5.74, 6) is 3.02. The Morgan fingerprint density at radius 2 is 1.80 bits per heavy atom. The Hall–Kier alpha value is 0. The second-order valence-electron chi connectivity index (χ2n) is 4.04. The first-order valence-electron chi connectivity index (χ1n) is 4.74. The number of hydrogen-bond donors (Lipinski definition) is 0. The van der Waals surface area contributed by atoms with Gasteiger partial charge in [0.15, 0.2) is 0 Å². The predicted octanol–water partition coefficient (Wildman–Crippen LogP) is 3.47. The molecule has 0 heterocycles. The monoisotopic (exact) mass is 140 g/mol. The summed E-state index contributed by atoms with van der Waals surface area (Å²) in [7, 11) is 0. The first kappa shape index (κ1) is 8.10. The quantitative estimate of drug-likeness (QED) is 0.523. The van der Waals surface area contributed by atoms with Crippen LogP contribution in [-0.2, 0) is 0 Å². The zero-order valence-electron chi connectivity index (χ0n) is 7.56. The first-order valence-corrected chi connectivity index (χ1v) is 4.74. The van der Waals surface area contributed by atoms with Gasteiger partial charge in [-0.3, -0.25) is 0 Å². The van der Waals surface area contributed by atoms with Gasteiger partial charge in [0, 0.05) is 0 Å². The summed E-state index contributed by atoms with van der Waals surface area (Å²) in [5.41, 5.74) is 0. The van der Waals surface area contributed by atoms with E-state index in [1.807, 2.05) is 0 Å². The Labute approximate surface area is 65.0 Å². The van der Waals surface area contributed by atoms with Crippen LogP contribution >= 0.6 is 0 Å². The van der Waals surface area contributed by atoms with Gasteiger partial charge in [0.05, 0.1) is 0 Å². The van der Waals surface area contributed by atoms with Gasteiger partial charge < -0.3 is 0 Å².